The number of hydrogen-bond acceptors (Lipinski definition) is 3. The first-order valence-corrected chi connectivity index (χ1v) is 5.29. The summed E-state index contributed by atoms with van der Waals surface area (Å²) in [5.41, 5.74) is 0. The Labute approximate surface area is 81.4 Å². The summed E-state index contributed by atoms with van der Waals surface area (Å²) in [4.78, 5) is 2.26. The molecule has 1 heterocycles. The van der Waals surface area contributed by atoms with E-state index in [-0.39, 0.29) is 18.6 Å². The lowest BCUT2D eigenvalue weighted by molar-refractivity contribution is 0.00221. The number of nitrogens with zero attached hydrogens (tertiary/aromatic N) is 1. The summed E-state index contributed by atoms with van der Waals surface area (Å²) in [7, 11) is 0. The van der Waals surface area contributed by atoms with Gasteiger partial charge in [0.05, 0.1) is 6.10 Å². The van der Waals surface area contributed by atoms with Gasteiger partial charge in [0.25, 0.3) is 0 Å². The van der Waals surface area contributed by atoms with Gasteiger partial charge in [-0.1, -0.05) is 20.8 Å². The molecule has 2 N–H and O–H groups in total. The van der Waals surface area contributed by atoms with E-state index in [1.807, 2.05) is 13.8 Å². The largest absolute Gasteiger partial charge is 0.396 e. The van der Waals surface area contributed by atoms with Crippen molar-refractivity contribution in [1.29, 1.82) is 0 Å². The first-order valence-electron chi connectivity index (χ1n) is 5.29. The highest BCUT2D eigenvalue weighted by molar-refractivity contribution is 4.78. The molecule has 0 amide bonds. The van der Waals surface area contributed by atoms with Crippen molar-refractivity contribution in [2.75, 3.05) is 26.2 Å². The fraction of sp³-hybridized carbons (Fsp3) is 1.00. The van der Waals surface area contributed by atoms with E-state index in [1.54, 1.807) is 0 Å². The van der Waals surface area contributed by atoms with Gasteiger partial charge in [0.2, 0.25) is 0 Å². The molecular weight excluding hydrogens is 166 g/mol. The molecule has 0 aromatic rings. The average Bonchev–Trinajstić information content (AvgIpc) is 2.22. The molecule has 1 rings (SSSR count). The van der Waals surface area contributed by atoms with Gasteiger partial charge in [-0.3, -0.25) is 0 Å². The van der Waals surface area contributed by atoms with Gasteiger partial charge in [-0.15, -0.1) is 0 Å². The van der Waals surface area contributed by atoms with Crippen LogP contribution in [0.3, 0.4) is 0 Å². The zero-order valence-corrected chi connectivity index (χ0v) is 9.03. The van der Waals surface area contributed by atoms with Crippen molar-refractivity contribution >= 4 is 0 Å². The average molecular weight is 189 g/mol. The predicted octanol–water partition coefficient (Wildman–Crippen LogP) is 0.708. The van der Waals surface area contributed by atoms with Crippen LogP contribution in [-0.2, 0) is 0 Å². The fourth-order valence-electron chi connectivity index (χ4n) is 1.56. The van der Waals surface area contributed by atoms with Gasteiger partial charge in [-0.05, 0) is 13.0 Å². The Bertz CT molecular complexity index is 119. The van der Waals surface area contributed by atoms with Crippen LogP contribution in [0.2, 0.25) is 0 Å². The van der Waals surface area contributed by atoms with Crippen molar-refractivity contribution in [1.82, 2.24) is 4.90 Å². The van der Waals surface area contributed by atoms with Gasteiger partial charge in [0.1, 0.15) is 0 Å². The predicted molar refractivity (Wildman–Crippen MR) is 54.7 cm³/mol. The molecule has 0 saturated carbocycles. The SMILES string of the molecule is CC.CCN1CCC(O)C(CO)C1. The Morgan fingerprint density at radius 3 is 2.46 bits per heavy atom. The Kier molecular flexibility index (Phi) is 7.23. The van der Waals surface area contributed by atoms with Crippen LogP contribution in [0.15, 0.2) is 0 Å². The third kappa shape index (κ3) is 4.07. The van der Waals surface area contributed by atoms with Crippen molar-refractivity contribution in [3.8, 4) is 0 Å². The monoisotopic (exact) mass is 189 g/mol. The zero-order valence-electron chi connectivity index (χ0n) is 9.03. The summed E-state index contributed by atoms with van der Waals surface area (Å²) in [6, 6.07) is 0. The third-order valence-electron chi connectivity index (χ3n) is 2.46. The minimum absolute atomic E-state index is 0.0729. The van der Waals surface area contributed by atoms with Crippen molar-refractivity contribution < 1.29 is 10.2 Å². The van der Waals surface area contributed by atoms with Crippen molar-refractivity contribution in [2.24, 2.45) is 5.92 Å². The van der Waals surface area contributed by atoms with Gasteiger partial charge in [0, 0.05) is 25.6 Å². The fourth-order valence-corrected chi connectivity index (χ4v) is 1.56. The Balaban J connectivity index is 0.000000671. The number of aliphatic hydroxyl groups is 2. The van der Waals surface area contributed by atoms with Crippen LogP contribution in [-0.4, -0.2) is 47.5 Å². The molecule has 0 bridgehead atoms. The van der Waals surface area contributed by atoms with E-state index in [2.05, 4.69) is 11.8 Å². The number of likely N-dealkylation sites (tertiary alicyclic amines) is 1. The second-order valence-corrected chi connectivity index (χ2v) is 3.19. The molecule has 3 heteroatoms. The van der Waals surface area contributed by atoms with Crippen molar-refractivity contribution in [2.45, 2.75) is 33.3 Å². The van der Waals surface area contributed by atoms with Crippen LogP contribution >= 0.6 is 0 Å². The molecule has 2 atom stereocenters. The molecule has 0 aliphatic carbocycles. The molecule has 3 nitrogen and oxygen atoms in total. The third-order valence-corrected chi connectivity index (χ3v) is 2.46. The summed E-state index contributed by atoms with van der Waals surface area (Å²) in [5.74, 6) is 0.0729. The van der Waals surface area contributed by atoms with E-state index in [4.69, 9.17) is 5.11 Å². The molecule has 1 fully saturated rings. The van der Waals surface area contributed by atoms with Gasteiger partial charge >= 0.3 is 0 Å². The molecule has 0 spiro atoms. The lowest BCUT2D eigenvalue weighted by atomic mass is 9.96. The van der Waals surface area contributed by atoms with Crippen LogP contribution in [0, 0.1) is 5.92 Å². The standard InChI is InChI=1S/C8H17NO2.C2H6/c1-2-9-4-3-8(11)7(5-9)6-10;1-2/h7-8,10-11H,2-6H2,1H3;1-2H3. The Morgan fingerprint density at radius 1 is 1.38 bits per heavy atom. The van der Waals surface area contributed by atoms with Crippen molar-refractivity contribution in [3.05, 3.63) is 0 Å². The van der Waals surface area contributed by atoms with E-state index in [1.165, 1.54) is 0 Å². The van der Waals surface area contributed by atoms with E-state index in [0.29, 0.717) is 0 Å². The summed E-state index contributed by atoms with van der Waals surface area (Å²) < 4.78 is 0. The first kappa shape index (κ1) is 12.9. The van der Waals surface area contributed by atoms with Gasteiger partial charge in [0.15, 0.2) is 0 Å². The van der Waals surface area contributed by atoms with Gasteiger partial charge < -0.3 is 15.1 Å². The molecule has 13 heavy (non-hydrogen) atoms. The van der Waals surface area contributed by atoms with E-state index < -0.39 is 0 Å². The maximum Gasteiger partial charge on any atom is 0.0614 e. The Morgan fingerprint density at radius 2 is 2.00 bits per heavy atom. The minimum atomic E-state index is -0.289. The summed E-state index contributed by atoms with van der Waals surface area (Å²) in [6.45, 7) is 9.04. The minimum Gasteiger partial charge on any atom is -0.396 e. The van der Waals surface area contributed by atoms with Crippen LogP contribution < -0.4 is 0 Å². The summed E-state index contributed by atoms with van der Waals surface area (Å²) in [5, 5.41) is 18.3. The lowest BCUT2D eigenvalue weighted by Crippen LogP contribution is -2.44. The number of rotatable bonds is 2. The highest BCUT2D eigenvalue weighted by Gasteiger charge is 2.25. The number of piperidine rings is 1. The van der Waals surface area contributed by atoms with Crippen molar-refractivity contribution in [3.63, 3.8) is 0 Å². The van der Waals surface area contributed by atoms with Crippen LogP contribution in [0.5, 0.6) is 0 Å². The molecule has 0 radical (unpaired) electrons. The zero-order chi connectivity index (χ0) is 10.3. The molecule has 0 aromatic heterocycles. The number of aliphatic hydroxyl groups excluding tert-OH is 2. The maximum absolute atomic E-state index is 9.40. The summed E-state index contributed by atoms with van der Waals surface area (Å²) >= 11 is 0. The molecule has 80 valence electrons. The van der Waals surface area contributed by atoms with Gasteiger partial charge in [-0.2, -0.15) is 0 Å². The molecule has 0 aromatic carbocycles. The molecule has 1 aliphatic rings. The molecule has 1 saturated heterocycles. The smallest absolute Gasteiger partial charge is 0.0614 e. The maximum atomic E-state index is 9.40. The lowest BCUT2D eigenvalue weighted by Gasteiger charge is -2.34. The quantitative estimate of drug-likeness (QED) is 0.672. The van der Waals surface area contributed by atoms with Crippen LogP contribution in [0.4, 0.5) is 0 Å². The first-order chi connectivity index (χ1) is 6.27. The molecule has 2 unspecified atom stereocenters. The highest BCUT2D eigenvalue weighted by atomic mass is 16.3. The Hall–Kier alpha value is -0.120. The topological polar surface area (TPSA) is 43.7 Å². The second-order valence-electron chi connectivity index (χ2n) is 3.19. The van der Waals surface area contributed by atoms with Crippen LogP contribution in [0.1, 0.15) is 27.2 Å². The molecule has 1 aliphatic heterocycles. The summed E-state index contributed by atoms with van der Waals surface area (Å²) in [6.07, 6.45) is 0.516. The van der Waals surface area contributed by atoms with E-state index >= 15 is 0 Å². The van der Waals surface area contributed by atoms with E-state index in [0.717, 1.165) is 26.1 Å². The second kappa shape index (κ2) is 7.30. The molecular formula is C10H23NO2. The van der Waals surface area contributed by atoms with E-state index in [9.17, 15) is 5.11 Å². The normalized spacial score (nSPS) is 29.3. The highest BCUT2D eigenvalue weighted by Crippen LogP contribution is 2.15. The number of hydrogen-bond donors (Lipinski definition) is 2. The van der Waals surface area contributed by atoms with Crippen LogP contribution in [0.25, 0.3) is 0 Å². The van der Waals surface area contributed by atoms with Gasteiger partial charge in [-0.25, -0.2) is 0 Å².